The molecule has 1 saturated carbocycles. The summed E-state index contributed by atoms with van der Waals surface area (Å²) in [6.45, 7) is 1.69. The number of amides is 1. The average molecular weight is 376 g/mol. The highest BCUT2D eigenvalue weighted by Crippen LogP contribution is 2.38. The van der Waals surface area contributed by atoms with Gasteiger partial charge in [-0.15, -0.1) is 11.3 Å². The van der Waals surface area contributed by atoms with Gasteiger partial charge in [0, 0.05) is 10.9 Å². The fourth-order valence-electron chi connectivity index (χ4n) is 2.51. The molecular weight excluding hydrogens is 356 g/mol. The molecule has 2 aromatic rings. The first-order valence-corrected chi connectivity index (χ1v) is 9.04. The van der Waals surface area contributed by atoms with E-state index in [1.54, 1.807) is 20.3 Å². The molecule has 1 N–H and O–H groups in total. The van der Waals surface area contributed by atoms with Crippen LogP contribution in [-0.2, 0) is 14.3 Å². The van der Waals surface area contributed by atoms with E-state index in [9.17, 15) is 9.59 Å². The van der Waals surface area contributed by atoms with Gasteiger partial charge in [0.1, 0.15) is 0 Å². The zero-order chi connectivity index (χ0) is 18.7. The summed E-state index contributed by atoms with van der Waals surface area (Å²) < 4.78 is 15.5. The Hall–Kier alpha value is -2.61. The van der Waals surface area contributed by atoms with E-state index >= 15 is 0 Å². The van der Waals surface area contributed by atoms with Crippen LogP contribution < -0.4 is 14.8 Å². The first kappa shape index (κ1) is 18.2. The quantitative estimate of drug-likeness (QED) is 0.748. The van der Waals surface area contributed by atoms with Crippen LogP contribution in [0, 0.1) is 11.8 Å². The van der Waals surface area contributed by atoms with Crippen LogP contribution in [0.4, 0.5) is 5.13 Å². The first-order chi connectivity index (χ1) is 12.5. The topological polar surface area (TPSA) is 86.8 Å². The molecule has 0 spiro atoms. The third kappa shape index (κ3) is 4.13. The second kappa shape index (κ2) is 7.74. The minimum absolute atomic E-state index is 0.0562. The summed E-state index contributed by atoms with van der Waals surface area (Å²) in [7, 11) is 3.14. The predicted octanol–water partition coefficient (Wildman–Crippen LogP) is 2.97. The fraction of sp³-hybridized carbons (Fsp3) is 0.389. The molecule has 0 saturated heterocycles. The number of nitrogens with zero attached hydrogens (tertiary/aromatic N) is 1. The highest BCUT2D eigenvalue weighted by molar-refractivity contribution is 7.14. The average Bonchev–Trinajstić information content (AvgIpc) is 3.20. The number of thiazole rings is 1. The zero-order valence-corrected chi connectivity index (χ0v) is 15.6. The molecule has 2 unspecified atom stereocenters. The van der Waals surface area contributed by atoms with Gasteiger partial charge in [0.05, 0.1) is 25.8 Å². The van der Waals surface area contributed by atoms with Crippen LogP contribution in [0.1, 0.15) is 13.3 Å². The van der Waals surface area contributed by atoms with Crippen LogP contribution in [0.2, 0.25) is 0 Å². The number of hydrogen-bond donors (Lipinski definition) is 1. The molecule has 7 nitrogen and oxygen atoms in total. The van der Waals surface area contributed by atoms with Gasteiger partial charge in [-0.2, -0.15) is 0 Å². The van der Waals surface area contributed by atoms with E-state index in [0.717, 1.165) is 12.0 Å². The van der Waals surface area contributed by atoms with Gasteiger partial charge in [-0.05, 0) is 30.5 Å². The molecule has 0 radical (unpaired) electrons. The summed E-state index contributed by atoms with van der Waals surface area (Å²) in [6, 6.07) is 5.47. The lowest BCUT2D eigenvalue weighted by Crippen LogP contribution is -2.21. The Balaban J connectivity index is 1.59. The molecule has 3 rings (SSSR count). The molecule has 0 bridgehead atoms. The van der Waals surface area contributed by atoms with Gasteiger partial charge in [0.2, 0.25) is 0 Å². The number of anilines is 1. The standard InChI is InChI=1S/C18H20N2O5S/c1-10-6-12(10)17(22)25-8-16(21)20-18-19-13(9-26-18)11-4-5-14(23-2)15(7-11)24-3/h4-5,7,9-10,12H,6,8H2,1-3H3,(H,19,20,21). The van der Waals surface area contributed by atoms with Crippen molar-refractivity contribution in [3.8, 4) is 22.8 Å². The summed E-state index contributed by atoms with van der Waals surface area (Å²) >= 11 is 1.29. The number of ether oxygens (including phenoxy) is 3. The van der Waals surface area contributed by atoms with Crippen LogP contribution in [0.3, 0.4) is 0 Å². The summed E-state index contributed by atoms with van der Waals surface area (Å²) in [5.41, 5.74) is 1.55. The number of nitrogens with one attached hydrogen (secondary N) is 1. The predicted molar refractivity (Wildman–Crippen MR) is 97.5 cm³/mol. The van der Waals surface area contributed by atoms with E-state index in [1.165, 1.54) is 11.3 Å². The van der Waals surface area contributed by atoms with Crippen molar-refractivity contribution in [1.29, 1.82) is 0 Å². The molecule has 1 fully saturated rings. The van der Waals surface area contributed by atoms with Gasteiger partial charge < -0.3 is 14.2 Å². The van der Waals surface area contributed by atoms with E-state index in [0.29, 0.717) is 28.2 Å². The number of aromatic nitrogens is 1. The largest absolute Gasteiger partial charge is 0.493 e. The monoisotopic (exact) mass is 376 g/mol. The smallest absolute Gasteiger partial charge is 0.309 e. The maximum atomic E-state index is 11.9. The van der Waals surface area contributed by atoms with Crippen molar-refractivity contribution in [2.45, 2.75) is 13.3 Å². The maximum absolute atomic E-state index is 11.9. The minimum atomic E-state index is -0.403. The van der Waals surface area contributed by atoms with Crippen LogP contribution in [0.15, 0.2) is 23.6 Å². The summed E-state index contributed by atoms with van der Waals surface area (Å²) in [5.74, 6) is 0.821. The van der Waals surface area contributed by atoms with Gasteiger partial charge in [0.15, 0.2) is 23.2 Å². The molecule has 1 aromatic heterocycles. The lowest BCUT2D eigenvalue weighted by atomic mass is 10.1. The van der Waals surface area contributed by atoms with Crippen molar-refractivity contribution in [3.05, 3.63) is 23.6 Å². The van der Waals surface area contributed by atoms with E-state index in [-0.39, 0.29) is 18.5 Å². The highest BCUT2D eigenvalue weighted by atomic mass is 32.1. The number of methoxy groups -OCH3 is 2. The fourth-order valence-corrected chi connectivity index (χ4v) is 3.24. The molecule has 26 heavy (non-hydrogen) atoms. The Labute approximate surface area is 155 Å². The molecular formula is C18H20N2O5S. The molecule has 0 aliphatic heterocycles. The van der Waals surface area contributed by atoms with E-state index in [4.69, 9.17) is 14.2 Å². The highest BCUT2D eigenvalue weighted by Gasteiger charge is 2.40. The Morgan fingerprint density at radius 1 is 1.27 bits per heavy atom. The molecule has 1 amide bonds. The summed E-state index contributed by atoms with van der Waals surface area (Å²) in [4.78, 5) is 27.9. The number of carbonyl (C=O) groups excluding carboxylic acids is 2. The van der Waals surface area contributed by atoms with E-state index in [2.05, 4.69) is 10.3 Å². The van der Waals surface area contributed by atoms with Crippen molar-refractivity contribution in [3.63, 3.8) is 0 Å². The number of hydrogen-bond acceptors (Lipinski definition) is 7. The second-order valence-electron chi connectivity index (χ2n) is 6.08. The third-order valence-corrected chi connectivity index (χ3v) is 4.95. The number of benzene rings is 1. The van der Waals surface area contributed by atoms with Gasteiger partial charge in [-0.3, -0.25) is 14.9 Å². The Morgan fingerprint density at radius 2 is 2.00 bits per heavy atom. The van der Waals surface area contributed by atoms with Crippen LogP contribution in [0.5, 0.6) is 11.5 Å². The third-order valence-electron chi connectivity index (χ3n) is 4.19. The van der Waals surface area contributed by atoms with Crippen molar-refractivity contribution < 1.29 is 23.8 Å². The van der Waals surface area contributed by atoms with Crippen LogP contribution in [-0.4, -0.2) is 37.7 Å². The lowest BCUT2D eigenvalue weighted by Gasteiger charge is -2.08. The molecule has 1 heterocycles. The van der Waals surface area contributed by atoms with Gasteiger partial charge in [-0.25, -0.2) is 4.98 Å². The second-order valence-corrected chi connectivity index (χ2v) is 6.94. The van der Waals surface area contributed by atoms with Crippen molar-refractivity contribution in [2.75, 3.05) is 26.1 Å². The summed E-state index contributed by atoms with van der Waals surface area (Å²) in [5, 5.41) is 4.91. The molecule has 8 heteroatoms. The normalized spacial score (nSPS) is 18.1. The first-order valence-electron chi connectivity index (χ1n) is 8.16. The van der Waals surface area contributed by atoms with Crippen LogP contribution in [0.25, 0.3) is 11.3 Å². The molecule has 1 aliphatic carbocycles. The Kier molecular flexibility index (Phi) is 5.41. The molecule has 138 valence electrons. The number of esters is 1. The van der Waals surface area contributed by atoms with E-state index in [1.807, 2.05) is 24.4 Å². The molecule has 1 aromatic carbocycles. The molecule has 2 atom stereocenters. The van der Waals surface area contributed by atoms with Crippen molar-refractivity contribution in [1.82, 2.24) is 4.98 Å². The maximum Gasteiger partial charge on any atom is 0.309 e. The lowest BCUT2D eigenvalue weighted by molar-refractivity contribution is -0.148. The zero-order valence-electron chi connectivity index (χ0n) is 14.8. The van der Waals surface area contributed by atoms with Crippen LogP contribution >= 0.6 is 11.3 Å². The number of carbonyl (C=O) groups is 2. The minimum Gasteiger partial charge on any atom is -0.493 e. The van der Waals surface area contributed by atoms with E-state index < -0.39 is 5.91 Å². The van der Waals surface area contributed by atoms with Gasteiger partial charge in [-0.1, -0.05) is 6.92 Å². The Bertz CT molecular complexity index is 820. The Morgan fingerprint density at radius 3 is 2.65 bits per heavy atom. The summed E-state index contributed by atoms with van der Waals surface area (Å²) in [6.07, 6.45) is 0.835. The van der Waals surface area contributed by atoms with Crippen molar-refractivity contribution in [2.24, 2.45) is 11.8 Å². The SMILES string of the molecule is COc1ccc(-c2csc(NC(=O)COC(=O)C3CC3C)n2)cc1OC. The van der Waals surface area contributed by atoms with Gasteiger partial charge in [0.25, 0.3) is 5.91 Å². The van der Waals surface area contributed by atoms with Crippen molar-refractivity contribution >= 4 is 28.3 Å². The van der Waals surface area contributed by atoms with Gasteiger partial charge >= 0.3 is 5.97 Å². The number of rotatable bonds is 7. The molecule has 1 aliphatic rings.